The Morgan fingerprint density at radius 3 is 2.18 bits per heavy atom. The summed E-state index contributed by atoms with van der Waals surface area (Å²) in [6.07, 6.45) is 1.27. The standard InChI is InChI=1S/C8H22N2Si/c1-6-9-11(8(2)3)7-10(4)5/h8-9,11H,6-7H2,1-5H3. The third kappa shape index (κ3) is 5.41. The Morgan fingerprint density at radius 1 is 1.36 bits per heavy atom. The van der Waals surface area contributed by atoms with Gasteiger partial charge in [-0.25, -0.2) is 0 Å². The molecule has 11 heavy (non-hydrogen) atoms. The highest BCUT2D eigenvalue weighted by Crippen LogP contribution is 2.04. The monoisotopic (exact) mass is 174 g/mol. The lowest BCUT2D eigenvalue weighted by Gasteiger charge is -2.23. The van der Waals surface area contributed by atoms with E-state index in [1.807, 2.05) is 0 Å². The quantitative estimate of drug-likeness (QED) is 0.621. The van der Waals surface area contributed by atoms with E-state index in [9.17, 15) is 0 Å². The van der Waals surface area contributed by atoms with Gasteiger partial charge in [0.2, 0.25) is 0 Å². The zero-order valence-corrected chi connectivity index (χ0v) is 9.67. The van der Waals surface area contributed by atoms with Crippen molar-refractivity contribution in [3.05, 3.63) is 0 Å². The lowest BCUT2D eigenvalue weighted by Crippen LogP contribution is -2.44. The molecule has 1 unspecified atom stereocenters. The smallest absolute Gasteiger partial charge is 0.125 e. The molecule has 0 aliphatic rings. The largest absolute Gasteiger partial charge is 0.339 e. The van der Waals surface area contributed by atoms with E-state index in [-0.39, 0.29) is 0 Å². The topological polar surface area (TPSA) is 15.3 Å². The van der Waals surface area contributed by atoms with E-state index in [1.165, 1.54) is 6.17 Å². The van der Waals surface area contributed by atoms with Gasteiger partial charge >= 0.3 is 0 Å². The first-order valence-electron chi connectivity index (χ1n) is 4.46. The van der Waals surface area contributed by atoms with Crippen LogP contribution < -0.4 is 4.98 Å². The van der Waals surface area contributed by atoms with Gasteiger partial charge in [0.05, 0.1) is 0 Å². The van der Waals surface area contributed by atoms with Crippen LogP contribution in [0.3, 0.4) is 0 Å². The van der Waals surface area contributed by atoms with Crippen LogP contribution in [0.1, 0.15) is 20.8 Å². The second-order valence-corrected chi connectivity index (χ2v) is 6.99. The maximum absolute atomic E-state index is 3.61. The molecule has 68 valence electrons. The zero-order chi connectivity index (χ0) is 8.85. The molecule has 0 aromatic heterocycles. The van der Waals surface area contributed by atoms with E-state index >= 15 is 0 Å². The lowest BCUT2D eigenvalue weighted by atomic mass is 10.6. The van der Waals surface area contributed by atoms with E-state index in [2.05, 4.69) is 44.7 Å². The van der Waals surface area contributed by atoms with Crippen molar-refractivity contribution in [2.24, 2.45) is 0 Å². The molecule has 0 amide bonds. The van der Waals surface area contributed by atoms with Crippen LogP contribution in [-0.4, -0.2) is 40.7 Å². The highest BCUT2D eigenvalue weighted by molar-refractivity contribution is 6.57. The molecule has 0 rings (SSSR count). The third-order valence-corrected chi connectivity index (χ3v) is 5.50. The Labute approximate surface area is 72.7 Å². The van der Waals surface area contributed by atoms with Gasteiger partial charge in [0.25, 0.3) is 0 Å². The highest BCUT2D eigenvalue weighted by Gasteiger charge is 2.14. The normalized spacial score (nSPS) is 14.5. The molecule has 0 aliphatic heterocycles. The maximum Gasteiger partial charge on any atom is 0.125 e. The number of rotatable bonds is 5. The molecule has 0 saturated heterocycles. The van der Waals surface area contributed by atoms with Crippen LogP contribution in [-0.2, 0) is 0 Å². The molecule has 3 heteroatoms. The van der Waals surface area contributed by atoms with Crippen molar-refractivity contribution in [2.75, 3.05) is 26.8 Å². The summed E-state index contributed by atoms with van der Waals surface area (Å²) in [6.45, 7) is 7.97. The van der Waals surface area contributed by atoms with Gasteiger partial charge in [0.15, 0.2) is 0 Å². The Kier molecular flexibility index (Phi) is 5.82. The SMILES string of the molecule is CCN[SiH](CN(C)C)C(C)C. The van der Waals surface area contributed by atoms with Crippen LogP contribution in [0.25, 0.3) is 0 Å². The second kappa shape index (κ2) is 5.74. The first-order valence-corrected chi connectivity index (χ1v) is 6.52. The average Bonchev–Trinajstić information content (AvgIpc) is 1.86. The van der Waals surface area contributed by atoms with Crippen molar-refractivity contribution in [3.8, 4) is 0 Å². The van der Waals surface area contributed by atoms with Gasteiger partial charge in [-0.2, -0.15) is 0 Å². The Hall–Kier alpha value is 0.137. The molecule has 0 saturated carbocycles. The first kappa shape index (κ1) is 11.1. The van der Waals surface area contributed by atoms with E-state index in [4.69, 9.17) is 0 Å². The number of nitrogens with one attached hydrogen (secondary N) is 1. The lowest BCUT2D eigenvalue weighted by molar-refractivity contribution is 0.467. The fourth-order valence-corrected chi connectivity index (χ4v) is 3.50. The Bertz CT molecular complexity index is 94.1. The predicted molar refractivity (Wildman–Crippen MR) is 54.5 cm³/mol. The van der Waals surface area contributed by atoms with Crippen LogP contribution >= 0.6 is 0 Å². The summed E-state index contributed by atoms with van der Waals surface area (Å²) in [5, 5.41) is 0. The molecular formula is C8H22N2Si. The summed E-state index contributed by atoms with van der Waals surface area (Å²) in [5.74, 6) is 0. The summed E-state index contributed by atoms with van der Waals surface area (Å²) in [7, 11) is 3.62. The van der Waals surface area contributed by atoms with Gasteiger partial charge < -0.3 is 9.88 Å². The van der Waals surface area contributed by atoms with E-state index in [0.29, 0.717) is 0 Å². The van der Waals surface area contributed by atoms with Crippen LogP contribution in [0, 0.1) is 0 Å². The summed E-state index contributed by atoms with van der Waals surface area (Å²) < 4.78 is 0. The molecule has 2 nitrogen and oxygen atoms in total. The van der Waals surface area contributed by atoms with Crippen molar-refractivity contribution in [2.45, 2.75) is 26.3 Å². The van der Waals surface area contributed by atoms with Gasteiger partial charge in [-0.15, -0.1) is 0 Å². The summed E-state index contributed by atoms with van der Waals surface area (Å²) in [4.78, 5) is 5.90. The highest BCUT2D eigenvalue weighted by atomic mass is 28.3. The minimum atomic E-state index is -0.689. The van der Waals surface area contributed by atoms with Crippen molar-refractivity contribution in [1.29, 1.82) is 0 Å². The molecule has 0 radical (unpaired) electrons. The molecule has 0 fully saturated rings. The average molecular weight is 174 g/mol. The molecule has 0 bridgehead atoms. The Balaban J connectivity index is 3.69. The number of nitrogens with zero attached hydrogens (tertiary/aromatic N) is 1. The number of hydrogen-bond acceptors (Lipinski definition) is 2. The third-order valence-electron chi connectivity index (χ3n) is 1.83. The molecule has 1 N–H and O–H groups in total. The predicted octanol–water partition coefficient (Wildman–Crippen LogP) is 0.830. The maximum atomic E-state index is 3.61. The summed E-state index contributed by atoms with van der Waals surface area (Å²) >= 11 is 0. The summed E-state index contributed by atoms with van der Waals surface area (Å²) in [6, 6.07) is 0. The fourth-order valence-electron chi connectivity index (χ4n) is 1.17. The van der Waals surface area contributed by atoms with Crippen LogP contribution in [0.5, 0.6) is 0 Å². The Morgan fingerprint density at radius 2 is 1.91 bits per heavy atom. The van der Waals surface area contributed by atoms with Crippen LogP contribution in [0.2, 0.25) is 5.54 Å². The van der Waals surface area contributed by atoms with Gasteiger partial charge in [0, 0.05) is 6.17 Å². The zero-order valence-electron chi connectivity index (χ0n) is 8.52. The fraction of sp³-hybridized carbons (Fsp3) is 1.00. The van der Waals surface area contributed by atoms with Gasteiger partial charge in [0.1, 0.15) is 8.96 Å². The molecule has 0 aromatic rings. The van der Waals surface area contributed by atoms with Crippen molar-refractivity contribution >= 4 is 8.96 Å². The van der Waals surface area contributed by atoms with Gasteiger partial charge in [-0.3, -0.25) is 0 Å². The first-order chi connectivity index (χ1) is 5.07. The molecule has 0 aromatic carbocycles. The van der Waals surface area contributed by atoms with Crippen LogP contribution in [0.4, 0.5) is 0 Å². The molecule has 0 spiro atoms. The minimum absolute atomic E-state index is 0.689. The number of hydrogen-bond donors (Lipinski definition) is 1. The molecule has 0 heterocycles. The summed E-state index contributed by atoms with van der Waals surface area (Å²) in [5.41, 5.74) is 0.859. The van der Waals surface area contributed by atoms with E-state index < -0.39 is 8.96 Å². The molecular weight excluding hydrogens is 152 g/mol. The van der Waals surface area contributed by atoms with E-state index in [1.54, 1.807) is 0 Å². The molecule has 0 aliphatic carbocycles. The van der Waals surface area contributed by atoms with E-state index in [0.717, 1.165) is 12.1 Å². The van der Waals surface area contributed by atoms with Crippen molar-refractivity contribution in [3.63, 3.8) is 0 Å². The second-order valence-electron chi connectivity index (χ2n) is 3.67. The van der Waals surface area contributed by atoms with Gasteiger partial charge in [-0.05, 0) is 26.2 Å². The van der Waals surface area contributed by atoms with Crippen LogP contribution in [0.15, 0.2) is 0 Å². The van der Waals surface area contributed by atoms with Gasteiger partial charge in [-0.1, -0.05) is 20.8 Å². The van der Waals surface area contributed by atoms with Crippen molar-refractivity contribution in [1.82, 2.24) is 9.88 Å². The minimum Gasteiger partial charge on any atom is -0.339 e. The molecule has 1 atom stereocenters. The van der Waals surface area contributed by atoms with Crippen molar-refractivity contribution < 1.29 is 0 Å².